The number of fused-ring (bicyclic) bond motifs is 2. The lowest BCUT2D eigenvalue weighted by Gasteiger charge is -2.15. The third kappa shape index (κ3) is 4.51. The van der Waals surface area contributed by atoms with Gasteiger partial charge in [-0.15, -0.1) is 0 Å². The second-order valence-corrected chi connectivity index (χ2v) is 8.77. The first-order valence-electron chi connectivity index (χ1n) is 10.8. The summed E-state index contributed by atoms with van der Waals surface area (Å²) < 4.78 is 1.77. The van der Waals surface area contributed by atoms with Crippen LogP contribution >= 0.6 is 11.8 Å². The first-order valence-corrected chi connectivity index (χ1v) is 11.8. The van der Waals surface area contributed by atoms with Gasteiger partial charge in [0, 0.05) is 11.3 Å². The molecule has 2 heterocycles. The Bertz CT molecular complexity index is 1440. The number of hydrogen-bond donors (Lipinski definition) is 3. The van der Waals surface area contributed by atoms with E-state index in [0.717, 1.165) is 38.5 Å². The molecule has 0 bridgehead atoms. The fourth-order valence-electron chi connectivity index (χ4n) is 3.61. The van der Waals surface area contributed by atoms with Crippen LogP contribution in [0.1, 0.15) is 28.9 Å². The molecule has 2 amide bonds. The quantitative estimate of drug-likeness (QED) is 0.255. The number of rotatable bonds is 6. The van der Waals surface area contributed by atoms with Crippen LogP contribution in [-0.2, 0) is 10.5 Å². The average Bonchev–Trinajstić information content (AvgIpc) is 3.49. The van der Waals surface area contributed by atoms with E-state index >= 15 is 0 Å². The third-order valence-electron chi connectivity index (χ3n) is 5.54. The highest BCUT2D eigenvalue weighted by Crippen LogP contribution is 2.23. The number of benzene rings is 3. The van der Waals surface area contributed by atoms with Crippen molar-refractivity contribution in [3.8, 4) is 0 Å². The Morgan fingerprint density at radius 3 is 2.50 bits per heavy atom. The van der Waals surface area contributed by atoms with Crippen LogP contribution in [0.3, 0.4) is 0 Å². The summed E-state index contributed by atoms with van der Waals surface area (Å²) in [5.74, 6) is -0.00245. The summed E-state index contributed by atoms with van der Waals surface area (Å²) in [5, 5.41) is 0.852. The Morgan fingerprint density at radius 1 is 0.971 bits per heavy atom. The Kier molecular flexibility index (Phi) is 6.01. The fraction of sp³-hybridized carbons (Fsp3) is 0.120. The van der Waals surface area contributed by atoms with Crippen molar-refractivity contribution in [3.63, 3.8) is 0 Å². The molecular weight excluding hydrogens is 448 g/mol. The van der Waals surface area contributed by atoms with Crippen molar-refractivity contribution in [1.82, 2.24) is 30.4 Å². The van der Waals surface area contributed by atoms with Crippen molar-refractivity contribution in [1.29, 1.82) is 0 Å². The van der Waals surface area contributed by atoms with E-state index in [4.69, 9.17) is 0 Å². The molecule has 170 valence electrons. The molecule has 3 aromatic carbocycles. The van der Waals surface area contributed by atoms with E-state index in [1.807, 2.05) is 60.7 Å². The van der Waals surface area contributed by atoms with Gasteiger partial charge in [0.05, 0.1) is 28.4 Å². The zero-order valence-corrected chi connectivity index (χ0v) is 19.2. The van der Waals surface area contributed by atoms with E-state index in [-0.39, 0.29) is 11.8 Å². The SMILES string of the molecule is CC(C(=O)NNC(=O)c1ccc(CSc2nc3ccccc3[nH]2)cc1)n1cnc2ccccc21. The Morgan fingerprint density at radius 2 is 1.71 bits per heavy atom. The molecule has 9 heteroatoms. The number of thioether (sulfide) groups is 1. The minimum absolute atomic E-state index is 0.338. The van der Waals surface area contributed by atoms with Gasteiger partial charge in [0.15, 0.2) is 5.16 Å². The van der Waals surface area contributed by atoms with Crippen LogP contribution < -0.4 is 10.9 Å². The van der Waals surface area contributed by atoms with Crippen LogP contribution in [0.5, 0.6) is 0 Å². The molecule has 0 fully saturated rings. The standard InChI is InChI=1S/C25H22N6O2S/c1-16(31-15-26-21-8-4-5-9-22(21)31)23(32)29-30-24(33)18-12-10-17(11-13-18)14-34-25-27-19-6-2-3-7-20(19)28-25/h2-13,15-16H,14H2,1H3,(H,27,28)(H,29,32)(H,30,33). The number of hydrogen-bond acceptors (Lipinski definition) is 5. The van der Waals surface area contributed by atoms with Gasteiger partial charge in [-0.2, -0.15) is 0 Å². The number of carbonyl (C=O) groups is 2. The molecule has 3 N–H and O–H groups in total. The normalized spacial score (nSPS) is 12.0. The number of hydrazine groups is 1. The highest BCUT2D eigenvalue weighted by Gasteiger charge is 2.18. The summed E-state index contributed by atoms with van der Waals surface area (Å²) >= 11 is 1.60. The van der Waals surface area contributed by atoms with Gasteiger partial charge in [-0.05, 0) is 48.9 Å². The van der Waals surface area contributed by atoms with Crippen molar-refractivity contribution in [2.45, 2.75) is 23.9 Å². The molecule has 1 atom stereocenters. The van der Waals surface area contributed by atoms with Gasteiger partial charge in [-0.3, -0.25) is 20.4 Å². The number of aromatic nitrogens is 4. The van der Waals surface area contributed by atoms with E-state index < -0.39 is 6.04 Å². The molecule has 0 aliphatic heterocycles. The van der Waals surface area contributed by atoms with Crippen molar-refractivity contribution in [2.75, 3.05) is 0 Å². The zero-order chi connectivity index (χ0) is 23.5. The monoisotopic (exact) mass is 470 g/mol. The molecule has 34 heavy (non-hydrogen) atoms. The zero-order valence-electron chi connectivity index (χ0n) is 18.4. The number of imidazole rings is 2. The second-order valence-electron chi connectivity index (χ2n) is 7.80. The predicted octanol–water partition coefficient (Wildman–Crippen LogP) is 4.23. The van der Waals surface area contributed by atoms with Gasteiger partial charge in [0.1, 0.15) is 6.04 Å². The lowest BCUT2D eigenvalue weighted by Crippen LogP contribution is -2.44. The first-order chi connectivity index (χ1) is 16.6. The maximum absolute atomic E-state index is 12.6. The summed E-state index contributed by atoms with van der Waals surface area (Å²) in [5.41, 5.74) is 10.1. The smallest absolute Gasteiger partial charge is 0.269 e. The maximum Gasteiger partial charge on any atom is 0.269 e. The maximum atomic E-state index is 12.6. The molecule has 5 rings (SSSR count). The Hall–Kier alpha value is -4.11. The molecule has 0 saturated heterocycles. The van der Waals surface area contributed by atoms with E-state index in [2.05, 4.69) is 25.8 Å². The van der Waals surface area contributed by atoms with Gasteiger partial charge in [0.25, 0.3) is 11.8 Å². The molecule has 0 spiro atoms. The number of para-hydroxylation sites is 4. The number of carbonyl (C=O) groups excluding carboxylic acids is 2. The molecule has 2 aromatic heterocycles. The van der Waals surface area contributed by atoms with Crippen molar-refractivity contribution < 1.29 is 9.59 Å². The summed E-state index contributed by atoms with van der Waals surface area (Å²) in [6.45, 7) is 1.75. The predicted molar refractivity (Wildman–Crippen MR) is 132 cm³/mol. The van der Waals surface area contributed by atoms with E-state index in [1.54, 1.807) is 41.7 Å². The number of nitrogens with zero attached hydrogens (tertiary/aromatic N) is 3. The lowest BCUT2D eigenvalue weighted by atomic mass is 10.1. The van der Waals surface area contributed by atoms with E-state index in [0.29, 0.717) is 5.56 Å². The van der Waals surface area contributed by atoms with Crippen LogP contribution in [0.2, 0.25) is 0 Å². The summed E-state index contributed by atoms with van der Waals surface area (Å²) in [4.78, 5) is 37.2. The molecular formula is C25H22N6O2S. The molecule has 0 radical (unpaired) electrons. The van der Waals surface area contributed by atoms with Gasteiger partial charge >= 0.3 is 0 Å². The Labute approximate surface area is 199 Å². The summed E-state index contributed by atoms with van der Waals surface area (Å²) in [7, 11) is 0. The van der Waals surface area contributed by atoms with Gasteiger partial charge < -0.3 is 9.55 Å². The van der Waals surface area contributed by atoms with E-state index in [9.17, 15) is 9.59 Å². The van der Waals surface area contributed by atoms with Crippen LogP contribution in [-0.4, -0.2) is 31.3 Å². The van der Waals surface area contributed by atoms with Crippen molar-refractivity contribution in [2.24, 2.45) is 0 Å². The molecule has 0 aliphatic rings. The van der Waals surface area contributed by atoms with Crippen LogP contribution in [0.15, 0.2) is 84.3 Å². The van der Waals surface area contributed by atoms with Gasteiger partial charge in [0.2, 0.25) is 0 Å². The number of amides is 2. The molecule has 0 aliphatic carbocycles. The number of nitrogens with one attached hydrogen (secondary N) is 3. The van der Waals surface area contributed by atoms with Crippen LogP contribution in [0.25, 0.3) is 22.1 Å². The number of aromatic amines is 1. The van der Waals surface area contributed by atoms with Gasteiger partial charge in [-0.1, -0.05) is 48.2 Å². The van der Waals surface area contributed by atoms with Crippen LogP contribution in [0.4, 0.5) is 0 Å². The van der Waals surface area contributed by atoms with Gasteiger partial charge in [-0.25, -0.2) is 9.97 Å². The number of H-pyrrole nitrogens is 1. The summed E-state index contributed by atoms with van der Waals surface area (Å²) in [6.07, 6.45) is 1.62. The van der Waals surface area contributed by atoms with Crippen LogP contribution in [0, 0.1) is 0 Å². The van der Waals surface area contributed by atoms with Crippen molar-refractivity contribution in [3.05, 3.63) is 90.3 Å². The second kappa shape index (κ2) is 9.40. The molecule has 5 aromatic rings. The minimum atomic E-state index is -0.537. The topological polar surface area (TPSA) is 105 Å². The minimum Gasteiger partial charge on any atom is -0.333 e. The van der Waals surface area contributed by atoms with E-state index in [1.165, 1.54) is 0 Å². The molecule has 0 saturated carbocycles. The molecule has 1 unspecified atom stereocenters. The molecule has 8 nitrogen and oxygen atoms in total. The fourth-order valence-corrected chi connectivity index (χ4v) is 4.45. The highest BCUT2D eigenvalue weighted by molar-refractivity contribution is 7.98. The largest absolute Gasteiger partial charge is 0.333 e. The first kappa shape index (κ1) is 21.7. The summed E-state index contributed by atoms with van der Waals surface area (Å²) in [6, 6.07) is 22.2. The van der Waals surface area contributed by atoms with Crippen molar-refractivity contribution >= 4 is 45.6 Å². The lowest BCUT2D eigenvalue weighted by molar-refractivity contribution is -0.124. The average molecular weight is 471 g/mol. The Balaban J connectivity index is 1.15. The highest BCUT2D eigenvalue weighted by atomic mass is 32.2. The third-order valence-corrected chi connectivity index (χ3v) is 6.48.